The summed E-state index contributed by atoms with van der Waals surface area (Å²) in [6, 6.07) is 10.2. The maximum absolute atomic E-state index is 12.7. The highest BCUT2D eigenvalue weighted by Gasteiger charge is 2.24. The summed E-state index contributed by atoms with van der Waals surface area (Å²) in [6.45, 7) is 8.14. The van der Waals surface area contributed by atoms with E-state index in [4.69, 9.17) is 0 Å². The number of aromatic nitrogens is 2. The smallest absolute Gasteiger partial charge is 0.270 e. The topological polar surface area (TPSA) is 98.7 Å². The molecule has 3 heterocycles. The van der Waals surface area contributed by atoms with E-state index in [1.54, 1.807) is 6.07 Å². The van der Waals surface area contributed by atoms with E-state index >= 15 is 0 Å². The largest absolute Gasteiger partial charge is 0.390 e. The van der Waals surface area contributed by atoms with Gasteiger partial charge in [0.15, 0.2) is 0 Å². The minimum Gasteiger partial charge on any atom is -0.390 e. The molecule has 2 aromatic rings. The minimum absolute atomic E-state index is 0.180. The number of fused-ring (bicyclic) bond motifs is 1. The number of hydrogen-bond acceptors (Lipinski definition) is 6. The molecule has 2 N–H and O–H groups in total. The van der Waals surface area contributed by atoms with Gasteiger partial charge in [-0.3, -0.25) is 14.5 Å². The van der Waals surface area contributed by atoms with E-state index in [1.165, 1.54) is 17.5 Å². The summed E-state index contributed by atoms with van der Waals surface area (Å²) in [5, 5.41) is 13.3. The predicted molar refractivity (Wildman–Crippen MR) is 138 cm³/mol. The van der Waals surface area contributed by atoms with Gasteiger partial charge in [0.05, 0.1) is 6.10 Å². The van der Waals surface area contributed by atoms with Crippen LogP contribution in [0.5, 0.6) is 0 Å². The Hall–Kier alpha value is -2.84. The van der Waals surface area contributed by atoms with Gasteiger partial charge in [0.1, 0.15) is 12.0 Å². The molecule has 0 bridgehead atoms. The van der Waals surface area contributed by atoms with E-state index in [-0.39, 0.29) is 18.4 Å². The predicted octanol–water partition coefficient (Wildman–Crippen LogP) is 2.45. The van der Waals surface area contributed by atoms with Crippen LogP contribution >= 0.6 is 0 Å². The number of carbonyl (C=O) groups is 2. The first-order valence-corrected chi connectivity index (χ1v) is 13.2. The van der Waals surface area contributed by atoms with E-state index in [0.29, 0.717) is 30.5 Å². The van der Waals surface area contributed by atoms with E-state index < -0.39 is 6.10 Å². The molecule has 0 radical (unpaired) electrons. The third kappa shape index (κ3) is 7.34. The van der Waals surface area contributed by atoms with Crippen molar-refractivity contribution in [2.75, 3.05) is 32.7 Å². The molecular weight excluding hydrogens is 454 g/mol. The average Bonchev–Trinajstić information content (AvgIpc) is 2.87. The zero-order valence-corrected chi connectivity index (χ0v) is 21.5. The van der Waals surface area contributed by atoms with Crippen molar-refractivity contribution in [3.8, 4) is 0 Å². The number of amides is 2. The second-order valence-electron chi connectivity index (χ2n) is 10.6. The van der Waals surface area contributed by atoms with Crippen molar-refractivity contribution in [1.29, 1.82) is 0 Å². The number of aliphatic hydroxyl groups excluding tert-OH is 1. The van der Waals surface area contributed by atoms with E-state index in [2.05, 4.69) is 52.2 Å². The molecule has 2 aliphatic heterocycles. The minimum atomic E-state index is -0.649. The van der Waals surface area contributed by atoms with Crippen LogP contribution in [0.4, 0.5) is 0 Å². The van der Waals surface area contributed by atoms with Crippen LogP contribution in [0.25, 0.3) is 0 Å². The SMILES string of the molecule is CC(C)CC(=O)N1CCC(Cc2cc(C(=O)NC[C@H](O)CN3CCc4ccccc4C3)ncn2)CC1. The lowest BCUT2D eigenvalue weighted by Crippen LogP contribution is -2.42. The Bertz CT molecular complexity index is 1040. The maximum Gasteiger partial charge on any atom is 0.270 e. The molecule has 8 nitrogen and oxygen atoms in total. The molecule has 194 valence electrons. The molecule has 1 aromatic carbocycles. The Labute approximate surface area is 214 Å². The van der Waals surface area contributed by atoms with Gasteiger partial charge in [-0.25, -0.2) is 9.97 Å². The zero-order valence-electron chi connectivity index (χ0n) is 21.5. The van der Waals surface area contributed by atoms with Crippen LogP contribution in [-0.2, 0) is 24.2 Å². The van der Waals surface area contributed by atoms with Gasteiger partial charge < -0.3 is 15.3 Å². The number of nitrogens with one attached hydrogen (secondary N) is 1. The van der Waals surface area contributed by atoms with E-state index in [1.807, 2.05) is 11.0 Å². The van der Waals surface area contributed by atoms with Crippen LogP contribution in [0.3, 0.4) is 0 Å². The number of β-amino-alcohol motifs (C(OH)–C–C–N with tert-alkyl or cyclic N) is 1. The van der Waals surface area contributed by atoms with Gasteiger partial charge in [-0.05, 0) is 54.7 Å². The molecule has 1 saturated heterocycles. The Kier molecular flexibility index (Phi) is 9.04. The van der Waals surface area contributed by atoms with Gasteiger partial charge >= 0.3 is 0 Å². The normalized spacial score (nSPS) is 17.6. The summed E-state index contributed by atoms with van der Waals surface area (Å²) >= 11 is 0. The second kappa shape index (κ2) is 12.4. The Balaban J connectivity index is 1.21. The molecule has 0 saturated carbocycles. The summed E-state index contributed by atoms with van der Waals surface area (Å²) in [5.41, 5.74) is 3.85. The molecule has 4 rings (SSSR count). The number of nitrogens with zero attached hydrogens (tertiary/aromatic N) is 4. The first kappa shape index (κ1) is 26.2. The molecule has 1 aromatic heterocycles. The summed E-state index contributed by atoms with van der Waals surface area (Å²) in [7, 11) is 0. The van der Waals surface area contributed by atoms with Gasteiger partial charge in [-0.15, -0.1) is 0 Å². The second-order valence-corrected chi connectivity index (χ2v) is 10.6. The Morgan fingerprint density at radius 2 is 1.86 bits per heavy atom. The van der Waals surface area contributed by atoms with Crippen molar-refractivity contribution < 1.29 is 14.7 Å². The maximum atomic E-state index is 12.7. The van der Waals surface area contributed by atoms with Gasteiger partial charge in [-0.1, -0.05) is 38.1 Å². The standard InChI is InChI=1S/C28H39N5O3/c1-20(2)13-27(35)33-11-7-21(8-12-33)14-24-15-26(31-19-30-24)28(36)29-16-25(34)18-32-10-9-22-5-3-4-6-23(22)17-32/h3-6,15,19-21,25,34H,7-14,16-18H2,1-2H3,(H,29,36)/t25-/m0/s1. The van der Waals surface area contributed by atoms with Gasteiger partial charge in [-0.2, -0.15) is 0 Å². The van der Waals surface area contributed by atoms with Crippen molar-refractivity contribution in [2.24, 2.45) is 11.8 Å². The number of piperidine rings is 1. The van der Waals surface area contributed by atoms with Crippen LogP contribution < -0.4 is 5.32 Å². The fraction of sp³-hybridized carbons (Fsp3) is 0.571. The summed E-state index contributed by atoms with van der Waals surface area (Å²) < 4.78 is 0. The van der Waals surface area contributed by atoms with Crippen molar-refractivity contribution in [3.05, 3.63) is 59.2 Å². The molecule has 2 amide bonds. The van der Waals surface area contributed by atoms with Crippen LogP contribution in [0, 0.1) is 11.8 Å². The Morgan fingerprint density at radius 3 is 2.61 bits per heavy atom. The first-order chi connectivity index (χ1) is 17.4. The third-order valence-corrected chi connectivity index (χ3v) is 7.18. The van der Waals surface area contributed by atoms with Crippen molar-refractivity contribution in [2.45, 2.75) is 58.6 Å². The number of carbonyl (C=O) groups excluding carboxylic acids is 2. The molecule has 1 atom stereocenters. The zero-order chi connectivity index (χ0) is 25.5. The lowest BCUT2D eigenvalue weighted by atomic mass is 9.91. The molecular formula is C28H39N5O3. The number of benzene rings is 1. The lowest BCUT2D eigenvalue weighted by Gasteiger charge is -2.32. The molecule has 36 heavy (non-hydrogen) atoms. The number of rotatable bonds is 9. The van der Waals surface area contributed by atoms with Crippen LogP contribution in [0.15, 0.2) is 36.7 Å². The van der Waals surface area contributed by atoms with Gasteiger partial charge in [0.2, 0.25) is 5.91 Å². The molecule has 0 spiro atoms. The quantitative estimate of drug-likeness (QED) is 0.557. The highest BCUT2D eigenvalue weighted by Crippen LogP contribution is 2.22. The average molecular weight is 494 g/mol. The molecule has 2 aliphatic rings. The van der Waals surface area contributed by atoms with Crippen molar-refractivity contribution in [1.82, 2.24) is 25.1 Å². The highest BCUT2D eigenvalue weighted by atomic mass is 16.3. The number of hydrogen-bond donors (Lipinski definition) is 2. The van der Waals surface area contributed by atoms with E-state index in [0.717, 1.165) is 57.6 Å². The summed E-state index contributed by atoms with van der Waals surface area (Å²) in [6.07, 6.45) is 5.04. The molecule has 0 aliphatic carbocycles. The summed E-state index contributed by atoms with van der Waals surface area (Å²) in [5.74, 6) is 0.770. The molecule has 8 heteroatoms. The Morgan fingerprint density at radius 1 is 1.11 bits per heavy atom. The van der Waals surface area contributed by atoms with Crippen LogP contribution in [0.2, 0.25) is 0 Å². The number of likely N-dealkylation sites (tertiary alicyclic amines) is 1. The molecule has 0 unspecified atom stereocenters. The van der Waals surface area contributed by atoms with Gasteiger partial charge in [0.25, 0.3) is 5.91 Å². The van der Waals surface area contributed by atoms with Crippen LogP contribution in [-0.4, -0.2) is 75.5 Å². The fourth-order valence-corrected chi connectivity index (χ4v) is 5.17. The van der Waals surface area contributed by atoms with Crippen molar-refractivity contribution >= 4 is 11.8 Å². The van der Waals surface area contributed by atoms with E-state index in [9.17, 15) is 14.7 Å². The van der Waals surface area contributed by atoms with Crippen molar-refractivity contribution in [3.63, 3.8) is 0 Å². The molecule has 1 fully saturated rings. The lowest BCUT2D eigenvalue weighted by molar-refractivity contribution is -0.133. The monoisotopic (exact) mass is 493 g/mol. The first-order valence-electron chi connectivity index (χ1n) is 13.2. The van der Waals surface area contributed by atoms with Gasteiger partial charge in [0, 0.05) is 51.4 Å². The van der Waals surface area contributed by atoms with Crippen LogP contribution in [0.1, 0.15) is 60.4 Å². The summed E-state index contributed by atoms with van der Waals surface area (Å²) in [4.78, 5) is 37.7. The third-order valence-electron chi connectivity index (χ3n) is 7.18. The fourth-order valence-electron chi connectivity index (χ4n) is 5.17. The number of aliphatic hydroxyl groups is 1. The highest BCUT2D eigenvalue weighted by molar-refractivity contribution is 5.92.